The zero-order valence-electron chi connectivity index (χ0n) is 11.7. The lowest BCUT2D eigenvalue weighted by atomic mass is 10.2. The van der Waals surface area contributed by atoms with Crippen LogP contribution in [0, 0.1) is 11.6 Å². The van der Waals surface area contributed by atoms with Crippen LogP contribution in [0.25, 0.3) is 0 Å². The summed E-state index contributed by atoms with van der Waals surface area (Å²) in [5, 5.41) is 5.50. The summed E-state index contributed by atoms with van der Waals surface area (Å²) in [6, 6.07) is 4.77. The lowest BCUT2D eigenvalue weighted by molar-refractivity contribution is 0.102. The fraction of sp³-hybridized carbons (Fsp3) is 0.200. The second-order valence-corrected chi connectivity index (χ2v) is 4.84. The van der Waals surface area contributed by atoms with Crippen molar-refractivity contribution in [2.75, 3.05) is 10.6 Å². The highest BCUT2D eigenvalue weighted by atomic mass is 19.1. The van der Waals surface area contributed by atoms with Crippen LogP contribution in [0.5, 0.6) is 0 Å². The summed E-state index contributed by atoms with van der Waals surface area (Å²) >= 11 is 0. The summed E-state index contributed by atoms with van der Waals surface area (Å²) in [5.74, 6) is -2.04. The molecule has 0 aliphatic carbocycles. The molecule has 0 spiro atoms. The van der Waals surface area contributed by atoms with Gasteiger partial charge in [0.15, 0.2) is 0 Å². The normalized spacial score (nSPS) is 10.5. The Kier molecular flexibility index (Phi) is 4.47. The van der Waals surface area contributed by atoms with Gasteiger partial charge in [0.05, 0.1) is 16.9 Å². The van der Waals surface area contributed by atoms with E-state index in [1.807, 2.05) is 13.8 Å². The number of carbonyl (C=O) groups excluding carboxylic acids is 1. The summed E-state index contributed by atoms with van der Waals surface area (Å²) in [4.78, 5) is 16.0. The second-order valence-electron chi connectivity index (χ2n) is 4.84. The van der Waals surface area contributed by atoms with Crippen LogP contribution in [0.3, 0.4) is 0 Å². The van der Waals surface area contributed by atoms with Crippen LogP contribution in [-0.4, -0.2) is 16.9 Å². The molecule has 2 rings (SSSR count). The van der Waals surface area contributed by atoms with E-state index in [0.717, 1.165) is 6.07 Å². The molecule has 1 aromatic carbocycles. The molecule has 21 heavy (non-hydrogen) atoms. The standard InChI is InChI=1S/C15H15F2N3O/c1-9(2)19-12-5-10(7-18-8-12)15(21)20-14-4-3-11(16)6-13(14)17/h3-9,19H,1-2H3,(H,20,21). The van der Waals surface area contributed by atoms with Crippen molar-refractivity contribution in [1.82, 2.24) is 4.98 Å². The third kappa shape index (κ3) is 3.98. The van der Waals surface area contributed by atoms with E-state index in [4.69, 9.17) is 0 Å². The van der Waals surface area contributed by atoms with Crippen LogP contribution >= 0.6 is 0 Å². The largest absolute Gasteiger partial charge is 0.382 e. The van der Waals surface area contributed by atoms with Crippen molar-refractivity contribution in [2.45, 2.75) is 19.9 Å². The Bertz CT molecular complexity index is 659. The van der Waals surface area contributed by atoms with Crippen molar-refractivity contribution >= 4 is 17.3 Å². The van der Waals surface area contributed by atoms with Crippen molar-refractivity contribution < 1.29 is 13.6 Å². The van der Waals surface area contributed by atoms with Crippen LogP contribution in [0.2, 0.25) is 0 Å². The third-order valence-electron chi connectivity index (χ3n) is 2.64. The third-order valence-corrected chi connectivity index (χ3v) is 2.64. The molecule has 1 heterocycles. The number of hydrogen-bond acceptors (Lipinski definition) is 3. The van der Waals surface area contributed by atoms with Gasteiger partial charge in [0, 0.05) is 24.5 Å². The van der Waals surface area contributed by atoms with Crippen molar-refractivity contribution in [2.24, 2.45) is 0 Å². The van der Waals surface area contributed by atoms with E-state index in [1.54, 1.807) is 12.3 Å². The molecule has 6 heteroatoms. The molecule has 0 fully saturated rings. The van der Waals surface area contributed by atoms with Crippen LogP contribution in [0.4, 0.5) is 20.2 Å². The Morgan fingerprint density at radius 2 is 1.95 bits per heavy atom. The summed E-state index contributed by atoms with van der Waals surface area (Å²) in [5.41, 5.74) is 0.894. The average Bonchev–Trinajstić information content (AvgIpc) is 2.41. The van der Waals surface area contributed by atoms with E-state index in [1.165, 1.54) is 12.3 Å². The minimum absolute atomic E-state index is 0.0800. The smallest absolute Gasteiger partial charge is 0.257 e. The first-order chi connectivity index (χ1) is 9.95. The van der Waals surface area contributed by atoms with Gasteiger partial charge in [-0.3, -0.25) is 9.78 Å². The van der Waals surface area contributed by atoms with E-state index in [9.17, 15) is 13.6 Å². The molecule has 110 valence electrons. The first-order valence-electron chi connectivity index (χ1n) is 6.43. The maximum absolute atomic E-state index is 13.5. The molecular weight excluding hydrogens is 276 g/mol. The number of carbonyl (C=O) groups is 1. The molecule has 2 N–H and O–H groups in total. The van der Waals surface area contributed by atoms with E-state index >= 15 is 0 Å². The van der Waals surface area contributed by atoms with Crippen molar-refractivity contribution in [3.63, 3.8) is 0 Å². The molecule has 1 aromatic heterocycles. The van der Waals surface area contributed by atoms with Gasteiger partial charge in [-0.25, -0.2) is 8.78 Å². The number of pyridine rings is 1. The minimum Gasteiger partial charge on any atom is -0.382 e. The topological polar surface area (TPSA) is 54.0 Å². The van der Waals surface area contributed by atoms with Crippen molar-refractivity contribution in [1.29, 1.82) is 0 Å². The first kappa shape index (κ1) is 14.9. The summed E-state index contributed by atoms with van der Waals surface area (Å²) in [6.07, 6.45) is 2.97. The highest BCUT2D eigenvalue weighted by molar-refractivity contribution is 6.04. The maximum Gasteiger partial charge on any atom is 0.257 e. The van der Waals surface area contributed by atoms with Gasteiger partial charge >= 0.3 is 0 Å². The highest BCUT2D eigenvalue weighted by Crippen LogP contribution is 2.17. The van der Waals surface area contributed by atoms with Gasteiger partial charge in [-0.05, 0) is 32.0 Å². The average molecular weight is 291 g/mol. The first-order valence-corrected chi connectivity index (χ1v) is 6.43. The molecule has 0 atom stereocenters. The lowest BCUT2D eigenvalue weighted by Crippen LogP contribution is -2.15. The summed E-state index contributed by atoms with van der Waals surface area (Å²) < 4.78 is 26.3. The number of rotatable bonds is 4. The quantitative estimate of drug-likeness (QED) is 0.907. The van der Waals surface area contributed by atoms with E-state index in [0.29, 0.717) is 11.8 Å². The lowest BCUT2D eigenvalue weighted by Gasteiger charge is -2.11. The molecule has 0 bridgehead atoms. The number of benzene rings is 1. The zero-order valence-corrected chi connectivity index (χ0v) is 11.7. The van der Waals surface area contributed by atoms with Gasteiger partial charge in [-0.2, -0.15) is 0 Å². The van der Waals surface area contributed by atoms with Crippen molar-refractivity contribution in [3.8, 4) is 0 Å². The Morgan fingerprint density at radius 1 is 1.19 bits per heavy atom. The fourth-order valence-corrected chi connectivity index (χ4v) is 1.76. The van der Waals surface area contributed by atoms with Gasteiger partial charge in [0.25, 0.3) is 5.91 Å². The van der Waals surface area contributed by atoms with E-state index in [2.05, 4.69) is 15.6 Å². The molecule has 0 unspecified atom stereocenters. The Labute approximate surface area is 121 Å². The minimum atomic E-state index is -0.826. The Hall–Kier alpha value is -2.50. The molecule has 4 nitrogen and oxygen atoms in total. The van der Waals surface area contributed by atoms with Gasteiger partial charge < -0.3 is 10.6 Å². The number of amides is 1. The Balaban J connectivity index is 2.16. The molecular formula is C15H15F2N3O. The maximum atomic E-state index is 13.5. The SMILES string of the molecule is CC(C)Nc1cncc(C(=O)Nc2ccc(F)cc2F)c1. The predicted molar refractivity (Wildman–Crippen MR) is 77.3 cm³/mol. The van der Waals surface area contributed by atoms with E-state index < -0.39 is 17.5 Å². The molecule has 0 saturated carbocycles. The fourth-order valence-electron chi connectivity index (χ4n) is 1.76. The van der Waals surface area contributed by atoms with Crippen molar-refractivity contribution in [3.05, 3.63) is 53.9 Å². The molecule has 0 saturated heterocycles. The number of anilines is 2. The number of aromatic nitrogens is 1. The summed E-state index contributed by atoms with van der Waals surface area (Å²) in [6.45, 7) is 3.92. The predicted octanol–water partition coefficient (Wildman–Crippen LogP) is 3.43. The zero-order chi connectivity index (χ0) is 15.4. The molecule has 2 aromatic rings. The highest BCUT2D eigenvalue weighted by Gasteiger charge is 2.11. The van der Waals surface area contributed by atoms with Crippen LogP contribution in [0.1, 0.15) is 24.2 Å². The van der Waals surface area contributed by atoms with E-state index in [-0.39, 0.29) is 17.3 Å². The van der Waals surface area contributed by atoms with Gasteiger partial charge in [-0.15, -0.1) is 0 Å². The Morgan fingerprint density at radius 3 is 2.62 bits per heavy atom. The number of nitrogens with zero attached hydrogens (tertiary/aromatic N) is 1. The van der Waals surface area contributed by atoms with Gasteiger partial charge in [-0.1, -0.05) is 0 Å². The van der Waals surface area contributed by atoms with Crippen LogP contribution in [0.15, 0.2) is 36.7 Å². The van der Waals surface area contributed by atoms with Crippen LogP contribution < -0.4 is 10.6 Å². The van der Waals surface area contributed by atoms with Gasteiger partial charge in [0.1, 0.15) is 11.6 Å². The molecule has 0 aliphatic heterocycles. The number of nitrogens with one attached hydrogen (secondary N) is 2. The molecule has 0 aliphatic rings. The summed E-state index contributed by atoms with van der Waals surface area (Å²) in [7, 11) is 0. The number of halogens is 2. The van der Waals surface area contributed by atoms with Gasteiger partial charge in [0.2, 0.25) is 0 Å². The van der Waals surface area contributed by atoms with Crippen LogP contribution in [-0.2, 0) is 0 Å². The molecule has 0 radical (unpaired) electrons. The number of hydrogen-bond donors (Lipinski definition) is 2. The molecule has 1 amide bonds. The monoisotopic (exact) mass is 291 g/mol. The second kappa shape index (κ2) is 6.30.